The van der Waals surface area contributed by atoms with Crippen LogP contribution in [0.3, 0.4) is 0 Å². The lowest BCUT2D eigenvalue weighted by atomic mass is 10.2. The number of nitrogens with zero attached hydrogens (tertiary/aromatic N) is 4. The van der Waals surface area contributed by atoms with Crippen molar-refractivity contribution in [3.8, 4) is 0 Å². The summed E-state index contributed by atoms with van der Waals surface area (Å²) in [5, 5.41) is 15.2. The first-order chi connectivity index (χ1) is 15.9. The largest absolute Gasteiger partial charge is 0.326 e. The fourth-order valence-electron chi connectivity index (χ4n) is 3.51. The SMILES string of the molecule is CC[C@@H](c1nnc(SCC(=O)Nc2ccc(NC(C)=O)cc2)n1Cc1ccccc1)N(C)C. The lowest BCUT2D eigenvalue weighted by molar-refractivity contribution is -0.114. The van der Waals surface area contributed by atoms with E-state index < -0.39 is 0 Å². The monoisotopic (exact) mass is 466 g/mol. The van der Waals surface area contributed by atoms with Gasteiger partial charge in [-0.1, -0.05) is 49.0 Å². The van der Waals surface area contributed by atoms with Crippen LogP contribution in [0.15, 0.2) is 59.8 Å². The van der Waals surface area contributed by atoms with Gasteiger partial charge >= 0.3 is 0 Å². The van der Waals surface area contributed by atoms with Gasteiger partial charge < -0.3 is 15.2 Å². The van der Waals surface area contributed by atoms with Crippen molar-refractivity contribution in [1.82, 2.24) is 19.7 Å². The lowest BCUT2D eigenvalue weighted by Crippen LogP contribution is -2.23. The molecule has 1 heterocycles. The number of amides is 2. The van der Waals surface area contributed by atoms with Crippen LogP contribution in [-0.2, 0) is 16.1 Å². The minimum Gasteiger partial charge on any atom is -0.326 e. The first kappa shape index (κ1) is 24.5. The lowest BCUT2D eigenvalue weighted by Gasteiger charge is -2.23. The quantitative estimate of drug-likeness (QED) is 0.439. The van der Waals surface area contributed by atoms with Gasteiger partial charge in [0.05, 0.1) is 18.3 Å². The van der Waals surface area contributed by atoms with E-state index in [1.54, 1.807) is 24.3 Å². The zero-order chi connectivity index (χ0) is 23.8. The average molecular weight is 467 g/mol. The van der Waals surface area contributed by atoms with Gasteiger partial charge in [0.1, 0.15) is 0 Å². The van der Waals surface area contributed by atoms with Crippen LogP contribution in [0.2, 0.25) is 0 Å². The molecule has 0 aliphatic rings. The molecule has 8 nitrogen and oxygen atoms in total. The molecule has 0 aliphatic carbocycles. The predicted molar refractivity (Wildman–Crippen MR) is 132 cm³/mol. The summed E-state index contributed by atoms with van der Waals surface area (Å²) < 4.78 is 2.10. The number of hydrogen-bond donors (Lipinski definition) is 2. The number of carbonyl (C=O) groups excluding carboxylic acids is 2. The molecule has 0 unspecified atom stereocenters. The molecule has 1 atom stereocenters. The number of aromatic nitrogens is 3. The number of nitrogens with one attached hydrogen (secondary N) is 2. The molecular formula is C24H30N6O2S. The second kappa shape index (κ2) is 11.6. The molecule has 2 N–H and O–H groups in total. The van der Waals surface area contributed by atoms with Crippen LogP contribution >= 0.6 is 11.8 Å². The standard InChI is InChI=1S/C24H30N6O2S/c1-5-21(29(3)4)23-27-28-24(30(23)15-18-9-7-6-8-10-18)33-16-22(32)26-20-13-11-19(12-14-20)25-17(2)31/h6-14,21H,5,15-16H2,1-4H3,(H,25,31)(H,26,32)/t21-/m0/s1. The molecule has 0 saturated carbocycles. The van der Waals surface area contributed by atoms with E-state index in [4.69, 9.17) is 0 Å². The first-order valence-electron chi connectivity index (χ1n) is 10.8. The molecule has 3 rings (SSSR count). The smallest absolute Gasteiger partial charge is 0.234 e. The second-order valence-electron chi connectivity index (χ2n) is 7.90. The highest BCUT2D eigenvalue weighted by Crippen LogP contribution is 2.26. The highest BCUT2D eigenvalue weighted by molar-refractivity contribution is 7.99. The van der Waals surface area contributed by atoms with Crippen LogP contribution in [0, 0.1) is 0 Å². The van der Waals surface area contributed by atoms with Gasteiger partial charge in [-0.2, -0.15) is 0 Å². The molecule has 1 aromatic heterocycles. The van der Waals surface area contributed by atoms with Gasteiger partial charge in [0.15, 0.2) is 11.0 Å². The van der Waals surface area contributed by atoms with Gasteiger partial charge in [-0.15, -0.1) is 10.2 Å². The molecule has 0 aliphatic heterocycles. The molecule has 0 saturated heterocycles. The summed E-state index contributed by atoms with van der Waals surface area (Å²) in [4.78, 5) is 25.8. The third-order valence-electron chi connectivity index (χ3n) is 5.06. The van der Waals surface area contributed by atoms with Crippen molar-refractivity contribution in [2.75, 3.05) is 30.5 Å². The Bertz CT molecular complexity index is 1070. The Morgan fingerprint density at radius 3 is 2.21 bits per heavy atom. The average Bonchev–Trinajstić information content (AvgIpc) is 3.16. The number of thioether (sulfide) groups is 1. The van der Waals surface area contributed by atoms with Crippen LogP contribution < -0.4 is 10.6 Å². The van der Waals surface area contributed by atoms with Crippen molar-refractivity contribution in [2.45, 2.75) is 38.0 Å². The number of anilines is 2. The highest BCUT2D eigenvalue weighted by atomic mass is 32.2. The molecule has 0 bridgehead atoms. The van der Waals surface area contributed by atoms with Crippen LogP contribution in [0.4, 0.5) is 11.4 Å². The normalized spacial score (nSPS) is 11.9. The molecule has 2 aromatic carbocycles. The van der Waals surface area contributed by atoms with Crippen molar-refractivity contribution >= 4 is 35.0 Å². The van der Waals surface area contributed by atoms with Gasteiger partial charge in [0, 0.05) is 18.3 Å². The van der Waals surface area contributed by atoms with Crippen molar-refractivity contribution in [3.05, 3.63) is 66.0 Å². The minimum atomic E-state index is -0.137. The Morgan fingerprint density at radius 1 is 1.00 bits per heavy atom. The second-order valence-corrected chi connectivity index (χ2v) is 8.84. The van der Waals surface area contributed by atoms with E-state index in [9.17, 15) is 9.59 Å². The molecule has 33 heavy (non-hydrogen) atoms. The predicted octanol–water partition coefficient (Wildman–Crippen LogP) is 4.03. The van der Waals surface area contributed by atoms with Crippen molar-refractivity contribution in [2.24, 2.45) is 0 Å². The molecule has 2 amide bonds. The Morgan fingerprint density at radius 2 is 1.64 bits per heavy atom. The topological polar surface area (TPSA) is 92.1 Å². The van der Waals surface area contributed by atoms with E-state index in [0.29, 0.717) is 23.1 Å². The van der Waals surface area contributed by atoms with Crippen LogP contribution in [0.1, 0.15) is 37.7 Å². The minimum absolute atomic E-state index is 0.131. The highest BCUT2D eigenvalue weighted by Gasteiger charge is 2.22. The van der Waals surface area contributed by atoms with E-state index in [1.165, 1.54) is 18.7 Å². The Balaban J connectivity index is 1.71. The van der Waals surface area contributed by atoms with Gasteiger partial charge in [0.25, 0.3) is 0 Å². The first-order valence-corrected chi connectivity index (χ1v) is 11.8. The van der Waals surface area contributed by atoms with Crippen LogP contribution in [0.5, 0.6) is 0 Å². The van der Waals surface area contributed by atoms with E-state index in [2.05, 4.69) is 49.4 Å². The summed E-state index contributed by atoms with van der Waals surface area (Å²) in [5.41, 5.74) is 2.50. The van der Waals surface area contributed by atoms with Gasteiger partial charge in [0.2, 0.25) is 11.8 Å². The van der Waals surface area contributed by atoms with E-state index in [1.807, 2.05) is 32.3 Å². The summed E-state index contributed by atoms with van der Waals surface area (Å²) in [6.07, 6.45) is 0.902. The summed E-state index contributed by atoms with van der Waals surface area (Å²) in [5.74, 6) is 0.825. The Kier molecular flexibility index (Phi) is 8.62. The number of benzene rings is 2. The Labute approximate surface area is 198 Å². The van der Waals surface area contributed by atoms with Crippen LogP contribution in [0.25, 0.3) is 0 Å². The molecule has 9 heteroatoms. The molecule has 0 fully saturated rings. The number of rotatable bonds is 10. The molecule has 174 valence electrons. The van der Waals surface area contributed by atoms with E-state index in [0.717, 1.165) is 17.8 Å². The summed E-state index contributed by atoms with van der Waals surface area (Å²) in [6.45, 7) is 4.22. The van der Waals surface area contributed by atoms with Gasteiger partial charge in [-0.25, -0.2) is 0 Å². The maximum atomic E-state index is 12.6. The maximum absolute atomic E-state index is 12.6. The number of hydrogen-bond acceptors (Lipinski definition) is 6. The van der Waals surface area contributed by atoms with Crippen molar-refractivity contribution in [3.63, 3.8) is 0 Å². The molecule has 0 radical (unpaired) electrons. The number of carbonyl (C=O) groups is 2. The van der Waals surface area contributed by atoms with Crippen LogP contribution in [-0.4, -0.2) is 51.3 Å². The third kappa shape index (κ3) is 6.90. The van der Waals surface area contributed by atoms with Gasteiger partial charge in [-0.05, 0) is 50.3 Å². The fraction of sp³-hybridized carbons (Fsp3) is 0.333. The maximum Gasteiger partial charge on any atom is 0.234 e. The molecule has 0 spiro atoms. The van der Waals surface area contributed by atoms with E-state index in [-0.39, 0.29) is 23.6 Å². The van der Waals surface area contributed by atoms with Gasteiger partial charge in [-0.3, -0.25) is 14.5 Å². The third-order valence-corrected chi connectivity index (χ3v) is 6.03. The zero-order valence-electron chi connectivity index (χ0n) is 19.4. The van der Waals surface area contributed by atoms with Crippen molar-refractivity contribution in [1.29, 1.82) is 0 Å². The summed E-state index contributed by atoms with van der Waals surface area (Å²) >= 11 is 1.37. The summed E-state index contributed by atoms with van der Waals surface area (Å²) in [7, 11) is 4.07. The van der Waals surface area contributed by atoms with Crippen molar-refractivity contribution < 1.29 is 9.59 Å². The fourth-order valence-corrected chi connectivity index (χ4v) is 4.26. The van der Waals surface area contributed by atoms with E-state index >= 15 is 0 Å². The molecule has 3 aromatic rings. The zero-order valence-corrected chi connectivity index (χ0v) is 20.2. The summed E-state index contributed by atoms with van der Waals surface area (Å²) in [6, 6.07) is 17.3. The Hall–Kier alpha value is -3.17. The molecular weight excluding hydrogens is 436 g/mol.